The number of thiazole rings is 1. The van der Waals surface area contributed by atoms with E-state index in [2.05, 4.69) is 29.4 Å². The summed E-state index contributed by atoms with van der Waals surface area (Å²) in [7, 11) is 0. The highest BCUT2D eigenvalue weighted by molar-refractivity contribution is 7.98. The van der Waals surface area contributed by atoms with Crippen molar-refractivity contribution in [3.8, 4) is 11.3 Å². The molecule has 1 heterocycles. The van der Waals surface area contributed by atoms with Gasteiger partial charge in [0.1, 0.15) is 0 Å². The van der Waals surface area contributed by atoms with E-state index in [0.29, 0.717) is 10.0 Å². The van der Waals surface area contributed by atoms with Crippen LogP contribution in [0.15, 0.2) is 52.7 Å². The molecule has 0 spiro atoms. The molecule has 1 N–H and O–H groups in total. The first-order valence-corrected chi connectivity index (χ1v) is 10.3. The number of anilines is 1. The van der Waals surface area contributed by atoms with Gasteiger partial charge >= 0.3 is 0 Å². The van der Waals surface area contributed by atoms with E-state index in [1.54, 1.807) is 18.4 Å². The highest BCUT2D eigenvalue weighted by Crippen LogP contribution is 2.29. The number of hydrogen-bond donors (Lipinski definition) is 1. The maximum Gasteiger partial charge on any atom is 0.283 e. The van der Waals surface area contributed by atoms with Crippen molar-refractivity contribution < 1.29 is 9.72 Å². The second-order valence-corrected chi connectivity index (χ2v) is 7.39. The number of nitrogens with one attached hydrogen (secondary N) is 1. The van der Waals surface area contributed by atoms with Gasteiger partial charge in [0.2, 0.25) is 0 Å². The molecule has 2 aromatic carbocycles. The molecule has 0 bridgehead atoms. The number of carbonyl (C=O) groups excluding carboxylic acids is 1. The Kier molecular flexibility index (Phi) is 5.88. The summed E-state index contributed by atoms with van der Waals surface area (Å²) >= 11 is 2.58. The van der Waals surface area contributed by atoms with Crippen LogP contribution in [0.25, 0.3) is 11.3 Å². The molecule has 0 radical (unpaired) electrons. The molecule has 6 nitrogen and oxygen atoms in total. The van der Waals surface area contributed by atoms with Crippen LogP contribution in [0, 0.1) is 10.1 Å². The lowest BCUT2D eigenvalue weighted by Crippen LogP contribution is -2.12. The van der Waals surface area contributed by atoms with Crippen molar-refractivity contribution in [2.45, 2.75) is 18.2 Å². The second-order valence-electron chi connectivity index (χ2n) is 5.69. The maximum atomic E-state index is 12.4. The van der Waals surface area contributed by atoms with Crippen LogP contribution >= 0.6 is 23.1 Å². The highest BCUT2D eigenvalue weighted by Gasteiger charge is 2.18. The summed E-state index contributed by atoms with van der Waals surface area (Å²) in [4.78, 5) is 28.1. The molecule has 0 aliphatic carbocycles. The van der Waals surface area contributed by atoms with Gasteiger partial charge in [0.15, 0.2) is 5.13 Å². The highest BCUT2D eigenvalue weighted by atomic mass is 32.2. The number of nitrogens with zero attached hydrogens (tertiary/aromatic N) is 2. The third-order valence-electron chi connectivity index (χ3n) is 4.02. The molecule has 1 amide bonds. The average molecular weight is 399 g/mol. The first-order valence-electron chi connectivity index (χ1n) is 8.20. The number of rotatable bonds is 6. The van der Waals surface area contributed by atoms with Crippen molar-refractivity contribution in [3.05, 3.63) is 69.1 Å². The van der Waals surface area contributed by atoms with Crippen molar-refractivity contribution >= 4 is 39.8 Å². The molecule has 1 aromatic heterocycles. The Morgan fingerprint density at radius 2 is 2.00 bits per heavy atom. The molecule has 0 saturated heterocycles. The molecule has 138 valence electrons. The number of nitro groups is 1. The van der Waals surface area contributed by atoms with Gasteiger partial charge in [0, 0.05) is 22.6 Å². The smallest absolute Gasteiger partial charge is 0.283 e. The first-order chi connectivity index (χ1) is 13.0. The van der Waals surface area contributed by atoms with Crippen molar-refractivity contribution in [1.82, 2.24) is 4.98 Å². The maximum absolute atomic E-state index is 12.4. The number of amides is 1. The van der Waals surface area contributed by atoms with Gasteiger partial charge < -0.3 is 0 Å². The Balaban J connectivity index is 1.77. The molecule has 3 aromatic rings. The van der Waals surface area contributed by atoms with E-state index >= 15 is 0 Å². The number of benzene rings is 2. The number of thioether (sulfide) groups is 1. The Hall–Kier alpha value is -2.71. The summed E-state index contributed by atoms with van der Waals surface area (Å²) in [6.07, 6.45) is 2.73. The molecule has 0 saturated carbocycles. The molecule has 0 fully saturated rings. The quantitative estimate of drug-likeness (QED) is 0.347. The van der Waals surface area contributed by atoms with Crippen molar-refractivity contribution in [2.24, 2.45) is 0 Å². The van der Waals surface area contributed by atoms with Gasteiger partial charge in [-0.25, -0.2) is 4.98 Å². The van der Waals surface area contributed by atoms with Crippen LogP contribution in [-0.2, 0) is 6.42 Å². The third kappa shape index (κ3) is 4.35. The first kappa shape index (κ1) is 19.1. The third-order valence-corrected chi connectivity index (χ3v) is 5.56. The number of nitro benzene ring substituents is 1. The Bertz CT molecular complexity index is 984. The molecular weight excluding hydrogens is 382 g/mol. The van der Waals surface area contributed by atoms with Crippen LogP contribution in [0.4, 0.5) is 10.8 Å². The van der Waals surface area contributed by atoms with Gasteiger partial charge in [-0.2, -0.15) is 0 Å². The lowest BCUT2D eigenvalue weighted by atomic mass is 10.1. The fourth-order valence-corrected chi connectivity index (χ4v) is 3.78. The predicted octanol–water partition coefficient (Wildman–Crippen LogP) is 5.25. The van der Waals surface area contributed by atoms with Crippen LogP contribution in [0.1, 0.15) is 22.8 Å². The standard InChI is InChI=1S/C19H17N3O3S2/c1-3-12-4-6-13(7-5-12)15-11-27-19(20-15)21-18(23)14-8-9-17(26-2)16(10-14)22(24)25/h4-11H,3H2,1-2H3,(H,20,21,23). The summed E-state index contributed by atoms with van der Waals surface area (Å²) in [5, 5.41) is 16.2. The number of aryl methyl sites for hydroxylation is 1. The van der Waals surface area contributed by atoms with Crippen LogP contribution < -0.4 is 5.32 Å². The largest absolute Gasteiger partial charge is 0.298 e. The zero-order chi connectivity index (χ0) is 19.4. The second kappa shape index (κ2) is 8.32. The topological polar surface area (TPSA) is 85.1 Å². The minimum atomic E-state index is -0.482. The predicted molar refractivity (Wildman–Crippen MR) is 110 cm³/mol. The van der Waals surface area contributed by atoms with E-state index in [-0.39, 0.29) is 11.3 Å². The van der Waals surface area contributed by atoms with Crippen molar-refractivity contribution in [2.75, 3.05) is 11.6 Å². The molecule has 3 rings (SSSR count). The van der Waals surface area contributed by atoms with Crippen LogP contribution in [0.3, 0.4) is 0 Å². The number of carbonyl (C=O) groups is 1. The zero-order valence-corrected chi connectivity index (χ0v) is 16.4. The van der Waals surface area contributed by atoms with Gasteiger partial charge in [0.05, 0.1) is 15.5 Å². The summed E-state index contributed by atoms with van der Waals surface area (Å²) in [6.45, 7) is 2.10. The van der Waals surface area contributed by atoms with E-state index in [1.807, 2.05) is 17.5 Å². The molecule has 0 aliphatic heterocycles. The van der Waals surface area contributed by atoms with E-state index in [4.69, 9.17) is 0 Å². The fourth-order valence-electron chi connectivity index (χ4n) is 2.52. The molecule has 27 heavy (non-hydrogen) atoms. The minimum Gasteiger partial charge on any atom is -0.298 e. The van der Waals surface area contributed by atoms with Crippen LogP contribution in [0.5, 0.6) is 0 Å². The summed E-state index contributed by atoms with van der Waals surface area (Å²) in [5.41, 5.74) is 3.15. The van der Waals surface area contributed by atoms with E-state index in [0.717, 1.165) is 17.7 Å². The van der Waals surface area contributed by atoms with E-state index < -0.39 is 10.8 Å². The summed E-state index contributed by atoms with van der Waals surface area (Å²) < 4.78 is 0. The average Bonchev–Trinajstić information content (AvgIpc) is 3.15. The van der Waals surface area contributed by atoms with E-state index in [9.17, 15) is 14.9 Å². The van der Waals surface area contributed by atoms with Crippen LogP contribution in [0.2, 0.25) is 0 Å². The van der Waals surface area contributed by atoms with Gasteiger partial charge in [-0.05, 0) is 30.4 Å². The van der Waals surface area contributed by atoms with Crippen molar-refractivity contribution in [3.63, 3.8) is 0 Å². The van der Waals surface area contributed by atoms with Gasteiger partial charge in [-0.1, -0.05) is 31.2 Å². The molecule has 8 heteroatoms. The van der Waals surface area contributed by atoms with Gasteiger partial charge in [0.25, 0.3) is 11.6 Å². The summed E-state index contributed by atoms with van der Waals surface area (Å²) in [6, 6.07) is 12.6. The normalized spacial score (nSPS) is 10.6. The lowest BCUT2D eigenvalue weighted by molar-refractivity contribution is -0.387. The minimum absolute atomic E-state index is 0.0778. The number of aromatic nitrogens is 1. The monoisotopic (exact) mass is 399 g/mol. The number of hydrogen-bond acceptors (Lipinski definition) is 6. The molecule has 0 aliphatic rings. The van der Waals surface area contributed by atoms with Crippen LogP contribution in [-0.4, -0.2) is 22.1 Å². The fraction of sp³-hybridized carbons (Fsp3) is 0.158. The summed E-state index contributed by atoms with van der Waals surface area (Å²) in [5.74, 6) is -0.423. The SMILES string of the molecule is CCc1ccc(-c2csc(NC(=O)c3ccc(SC)c([N+](=O)[O-])c3)n2)cc1. The van der Waals surface area contributed by atoms with Gasteiger partial charge in [-0.15, -0.1) is 23.1 Å². The van der Waals surface area contributed by atoms with Gasteiger partial charge in [-0.3, -0.25) is 20.2 Å². The Labute approximate surface area is 164 Å². The zero-order valence-electron chi connectivity index (χ0n) is 14.8. The molecular formula is C19H17N3O3S2. The van der Waals surface area contributed by atoms with E-state index in [1.165, 1.54) is 34.7 Å². The van der Waals surface area contributed by atoms with Crippen molar-refractivity contribution in [1.29, 1.82) is 0 Å². The molecule has 0 unspecified atom stereocenters. The lowest BCUT2D eigenvalue weighted by Gasteiger charge is -2.04. The Morgan fingerprint density at radius 3 is 2.63 bits per heavy atom. The molecule has 0 atom stereocenters. The Morgan fingerprint density at radius 1 is 1.26 bits per heavy atom.